The molecule has 1 aliphatic heterocycles. The highest BCUT2D eigenvalue weighted by molar-refractivity contribution is 4.80. The number of hydrogen-bond acceptors (Lipinski definition) is 2. The van der Waals surface area contributed by atoms with E-state index < -0.39 is 30.7 Å². The van der Waals surface area contributed by atoms with Gasteiger partial charge in [0, 0.05) is 5.41 Å². The average molecular weight is 234 g/mol. The van der Waals surface area contributed by atoms with Crippen LogP contribution in [0.4, 0.5) is 22.0 Å². The van der Waals surface area contributed by atoms with Gasteiger partial charge in [0.2, 0.25) is 0 Å². The summed E-state index contributed by atoms with van der Waals surface area (Å²) < 4.78 is 69.0. The first-order chi connectivity index (χ1) is 6.62. The second-order valence-electron chi connectivity index (χ2n) is 4.02. The first-order valence-corrected chi connectivity index (χ1v) is 4.28. The van der Waals surface area contributed by atoms with Crippen LogP contribution < -0.4 is 0 Å². The summed E-state index contributed by atoms with van der Waals surface area (Å²) in [6.45, 7) is 1.64. The summed E-state index contributed by atoms with van der Waals surface area (Å²) in [5.41, 5.74) is -0.588. The number of hydrogen-bond donors (Lipinski definition) is 0. The van der Waals surface area contributed by atoms with E-state index in [9.17, 15) is 22.0 Å². The zero-order valence-corrected chi connectivity index (χ0v) is 8.03. The van der Waals surface area contributed by atoms with Crippen LogP contribution in [0.25, 0.3) is 0 Å². The molecule has 1 heterocycles. The van der Waals surface area contributed by atoms with Gasteiger partial charge in [-0.1, -0.05) is 6.92 Å². The molecule has 0 aliphatic carbocycles. The molecule has 0 N–H and O–H groups in total. The molecule has 1 fully saturated rings. The molecular weight excluding hydrogens is 223 g/mol. The summed E-state index contributed by atoms with van der Waals surface area (Å²) in [5, 5.41) is 0. The van der Waals surface area contributed by atoms with Crippen LogP contribution >= 0.6 is 0 Å². The lowest BCUT2D eigenvalue weighted by atomic mass is 9.90. The van der Waals surface area contributed by atoms with Crippen LogP contribution in [0, 0.1) is 5.41 Å². The maximum absolute atomic E-state index is 12.6. The number of alkyl halides is 5. The summed E-state index contributed by atoms with van der Waals surface area (Å²) in [4.78, 5) is 0. The second kappa shape index (κ2) is 3.86. The van der Waals surface area contributed by atoms with Gasteiger partial charge >= 0.3 is 12.3 Å². The van der Waals surface area contributed by atoms with Crippen LogP contribution in [0.3, 0.4) is 0 Å². The Morgan fingerprint density at radius 3 is 2.07 bits per heavy atom. The van der Waals surface area contributed by atoms with Crippen LogP contribution in [-0.4, -0.2) is 32.1 Å². The minimum absolute atomic E-state index is 0.231. The smallest absolute Gasteiger partial charge is 0.380 e. The molecule has 1 aliphatic rings. The largest absolute Gasteiger partial charge is 0.397 e. The number of ether oxygens (including phenoxy) is 2. The maximum Gasteiger partial charge on any atom is 0.397 e. The zero-order chi connectivity index (χ0) is 11.7. The van der Waals surface area contributed by atoms with Gasteiger partial charge in [-0.25, -0.2) is 0 Å². The minimum Gasteiger partial charge on any atom is -0.380 e. The van der Waals surface area contributed by atoms with Crippen molar-refractivity contribution in [2.75, 3.05) is 19.8 Å². The normalized spacial score (nSPS) is 21.2. The molecule has 1 rings (SSSR count). The van der Waals surface area contributed by atoms with Crippen LogP contribution in [-0.2, 0) is 9.47 Å². The Balaban J connectivity index is 2.35. The molecule has 0 radical (unpaired) electrons. The average Bonchev–Trinajstić information content (AvgIpc) is 1.92. The molecule has 0 aromatic heterocycles. The van der Waals surface area contributed by atoms with Crippen molar-refractivity contribution >= 4 is 0 Å². The molecule has 7 heteroatoms. The molecule has 0 saturated carbocycles. The Morgan fingerprint density at radius 1 is 1.20 bits per heavy atom. The number of halogens is 5. The van der Waals surface area contributed by atoms with Gasteiger partial charge in [0.15, 0.2) is 0 Å². The van der Waals surface area contributed by atoms with Gasteiger partial charge in [-0.2, -0.15) is 22.0 Å². The van der Waals surface area contributed by atoms with Gasteiger partial charge in [-0.05, 0) is 0 Å². The highest BCUT2D eigenvalue weighted by Gasteiger charge is 2.46. The Hall–Kier alpha value is -0.430. The van der Waals surface area contributed by atoms with Crippen LogP contribution in [0.5, 0.6) is 0 Å². The third-order valence-corrected chi connectivity index (χ3v) is 1.94. The van der Waals surface area contributed by atoms with E-state index in [1.807, 2.05) is 0 Å². The predicted octanol–water partition coefficient (Wildman–Crippen LogP) is 2.58. The maximum atomic E-state index is 12.6. The van der Waals surface area contributed by atoms with E-state index in [0.717, 1.165) is 0 Å². The van der Waals surface area contributed by atoms with Crippen LogP contribution in [0.2, 0.25) is 0 Å². The second-order valence-corrected chi connectivity index (χ2v) is 4.02. The number of rotatable bonds is 4. The lowest BCUT2D eigenvalue weighted by Gasteiger charge is -2.38. The molecule has 0 aromatic carbocycles. The lowest BCUT2D eigenvalue weighted by Crippen LogP contribution is -2.45. The van der Waals surface area contributed by atoms with E-state index in [1.165, 1.54) is 0 Å². The molecule has 0 spiro atoms. The van der Waals surface area contributed by atoms with E-state index in [1.54, 1.807) is 6.92 Å². The summed E-state index contributed by atoms with van der Waals surface area (Å²) in [5.74, 6) is 0. The predicted molar refractivity (Wildman–Crippen MR) is 40.5 cm³/mol. The van der Waals surface area contributed by atoms with Gasteiger partial charge in [0.25, 0.3) is 0 Å². The molecule has 0 atom stereocenters. The van der Waals surface area contributed by atoms with Gasteiger partial charge in [0.1, 0.15) is 6.42 Å². The highest BCUT2D eigenvalue weighted by atomic mass is 19.4. The fourth-order valence-electron chi connectivity index (χ4n) is 1.10. The van der Waals surface area contributed by atoms with Gasteiger partial charge in [0.05, 0.1) is 19.8 Å². The van der Waals surface area contributed by atoms with E-state index in [-0.39, 0.29) is 13.2 Å². The Labute approximate surface area is 83.3 Å². The SMILES string of the molecule is CC1(COC(F)(F)CC(F)(F)F)COC1. The molecule has 90 valence electrons. The van der Waals surface area contributed by atoms with E-state index in [4.69, 9.17) is 4.74 Å². The first-order valence-electron chi connectivity index (χ1n) is 4.28. The molecule has 0 unspecified atom stereocenters. The third-order valence-electron chi connectivity index (χ3n) is 1.94. The van der Waals surface area contributed by atoms with Gasteiger partial charge in [-0.3, -0.25) is 0 Å². The van der Waals surface area contributed by atoms with Crippen molar-refractivity contribution in [3.8, 4) is 0 Å². The van der Waals surface area contributed by atoms with Gasteiger partial charge in [-0.15, -0.1) is 0 Å². The highest BCUT2D eigenvalue weighted by Crippen LogP contribution is 2.35. The Kier molecular flexibility index (Phi) is 3.25. The monoisotopic (exact) mass is 234 g/mol. The molecule has 2 nitrogen and oxygen atoms in total. The van der Waals surface area contributed by atoms with E-state index in [2.05, 4.69) is 4.74 Å². The molecule has 1 saturated heterocycles. The van der Waals surface area contributed by atoms with E-state index >= 15 is 0 Å². The van der Waals surface area contributed by atoms with Crippen molar-refractivity contribution in [3.05, 3.63) is 0 Å². The van der Waals surface area contributed by atoms with Crippen molar-refractivity contribution in [1.29, 1.82) is 0 Å². The fourth-order valence-corrected chi connectivity index (χ4v) is 1.10. The zero-order valence-electron chi connectivity index (χ0n) is 8.03. The summed E-state index contributed by atoms with van der Waals surface area (Å²) in [7, 11) is 0. The van der Waals surface area contributed by atoms with Crippen molar-refractivity contribution in [3.63, 3.8) is 0 Å². The third kappa shape index (κ3) is 4.29. The van der Waals surface area contributed by atoms with Crippen molar-refractivity contribution in [2.45, 2.75) is 25.6 Å². The Morgan fingerprint density at radius 2 is 1.73 bits per heavy atom. The topological polar surface area (TPSA) is 18.5 Å². The van der Waals surface area contributed by atoms with Crippen LogP contribution in [0.1, 0.15) is 13.3 Å². The quantitative estimate of drug-likeness (QED) is 0.696. The first kappa shape index (κ1) is 12.6. The molecule has 0 bridgehead atoms. The van der Waals surface area contributed by atoms with Crippen LogP contribution in [0.15, 0.2) is 0 Å². The molecule has 0 amide bonds. The van der Waals surface area contributed by atoms with E-state index in [0.29, 0.717) is 0 Å². The van der Waals surface area contributed by atoms with Crippen molar-refractivity contribution in [2.24, 2.45) is 5.41 Å². The standard InChI is InChI=1S/C8H11F5O2/c1-6(3-14-4-6)5-15-8(12,13)2-7(9,10)11/h2-5H2,1H3. The molecule has 0 aromatic rings. The summed E-state index contributed by atoms with van der Waals surface area (Å²) in [6.07, 6.45) is -11.3. The summed E-state index contributed by atoms with van der Waals surface area (Å²) >= 11 is 0. The summed E-state index contributed by atoms with van der Waals surface area (Å²) in [6, 6.07) is 0. The van der Waals surface area contributed by atoms with Crippen molar-refractivity contribution in [1.82, 2.24) is 0 Å². The van der Waals surface area contributed by atoms with Gasteiger partial charge < -0.3 is 9.47 Å². The minimum atomic E-state index is -4.93. The molecule has 15 heavy (non-hydrogen) atoms. The lowest BCUT2D eigenvalue weighted by molar-refractivity contribution is -0.310. The fraction of sp³-hybridized carbons (Fsp3) is 1.00. The molecular formula is C8H11F5O2. The van der Waals surface area contributed by atoms with Crippen molar-refractivity contribution < 1.29 is 31.4 Å². The Bertz CT molecular complexity index is 222.